The molecule has 0 bridgehead atoms. The second-order valence-electron chi connectivity index (χ2n) is 4.77. The van der Waals surface area contributed by atoms with Gasteiger partial charge in [0.15, 0.2) is 0 Å². The lowest BCUT2D eigenvalue weighted by Gasteiger charge is -2.08. The Labute approximate surface area is 111 Å². The zero-order valence-electron chi connectivity index (χ0n) is 10.9. The highest BCUT2D eigenvalue weighted by molar-refractivity contribution is 5.30. The third-order valence-electron chi connectivity index (χ3n) is 3.43. The molecular weight excluding hydrogens is 241 g/mol. The molecule has 0 spiro atoms. The summed E-state index contributed by atoms with van der Waals surface area (Å²) in [6, 6.07) is 6.53. The van der Waals surface area contributed by atoms with Gasteiger partial charge in [0.05, 0.1) is 5.69 Å². The minimum atomic E-state index is -0.211. The first-order chi connectivity index (χ1) is 9.26. The van der Waals surface area contributed by atoms with E-state index in [0.29, 0.717) is 6.42 Å². The second kappa shape index (κ2) is 5.05. The highest BCUT2D eigenvalue weighted by atomic mass is 19.1. The molecule has 2 aromatic rings. The monoisotopic (exact) mass is 257 g/mol. The Hall–Kier alpha value is -1.81. The number of nitrogens with one attached hydrogen (secondary N) is 1. The maximum absolute atomic E-state index is 12.9. The summed E-state index contributed by atoms with van der Waals surface area (Å²) in [4.78, 5) is 9.25. The van der Waals surface area contributed by atoms with Crippen LogP contribution in [-0.2, 0) is 25.9 Å². The highest BCUT2D eigenvalue weighted by Gasteiger charge is 2.17. The van der Waals surface area contributed by atoms with Crippen LogP contribution in [0, 0.1) is 5.82 Å². The number of fused-ring (bicyclic) bond motifs is 1. The van der Waals surface area contributed by atoms with Gasteiger partial charge in [0.2, 0.25) is 0 Å². The van der Waals surface area contributed by atoms with Gasteiger partial charge in [-0.25, -0.2) is 14.4 Å². The van der Waals surface area contributed by atoms with Crippen LogP contribution >= 0.6 is 0 Å². The van der Waals surface area contributed by atoms with E-state index in [2.05, 4.69) is 22.2 Å². The first kappa shape index (κ1) is 12.2. The molecule has 2 heterocycles. The first-order valence-electron chi connectivity index (χ1n) is 6.59. The topological polar surface area (TPSA) is 37.8 Å². The van der Waals surface area contributed by atoms with Gasteiger partial charge in [-0.3, -0.25) is 0 Å². The lowest BCUT2D eigenvalue weighted by Crippen LogP contribution is -2.06. The summed E-state index contributed by atoms with van der Waals surface area (Å²) in [5.41, 5.74) is 4.54. The van der Waals surface area contributed by atoms with Crippen molar-refractivity contribution in [2.75, 3.05) is 0 Å². The molecule has 0 unspecified atom stereocenters. The average Bonchev–Trinajstić information content (AvgIpc) is 2.89. The predicted molar refractivity (Wildman–Crippen MR) is 71.2 cm³/mol. The third-order valence-corrected chi connectivity index (χ3v) is 3.43. The van der Waals surface area contributed by atoms with Crippen LogP contribution in [0.3, 0.4) is 0 Å². The zero-order chi connectivity index (χ0) is 13.2. The predicted octanol–water partition coefficient (Wildman–Crippen LogP) is 2.37. The van der Waals surface area contributed by atoms with Crippen molar-refractivity contribution in [3.63, 3.8) is 0 Å². The summed E-state index contributed by atoms with van der Waals surface area (Å²) >= 11 is 0. The van der Waals surface area contributed by atoms with Gasteiger partial charge in [-0.2, -0.15) is 0 Å². The maximum atomic E-state index is 12.9. The van der Waals surface area contributed by atoms with Gasteiger partial charge in [-0.05, 0) is 24.1 Å². The van der Waals surface area contributed by atoms with Crippen molar-refractivity contribution >= 4 is 0 Å². The van der Waals surface area contributed by atoms with Crippen LogP contribution in [0.5, 0.6) is 0 Å². The van der Waals surface area contributed by atoms with Gasteiger partial charge in [0.25, 0.3) is 0 Å². The summed E-state index contributed by atoms with van der Waals surface area (Å²) in [6.45, 7) is 3.80. The minimum Gasteiger partial charge on any atom is -0.307 e. The molecule has 3 nitrogen and oxygen atoms in total. The first-order valence-corrected chi connectivity index (χ1v) is 6.59. The quantitative estimate of drug-likeness (QED) is 0.917. The fourth-order valence-electron chi connectivity index (χ4n) is 2.45. The van der Waals surface area contributed by atoms with Crippen LogP contribution in [0.4, 0.5) is 4.39 Å². The lowest BCUT2D eigenvalue weighted by atomic mass is 10.1. The van der Waals surface area contributed by atoms with Crippen molar-refractivity contribution in [2.45, 2.75) is 32.9 Å². The van der Waals surface area contributed by atoms with Gasteiger partial charge < -0.3 is 5.32 Å². The standard InChI is InChI=1S/C15H16FN3/c1-2-13-12-8-17-9-14(12)19-15(18-13)7-10-3-5-11(16)6-4-10/h3-6,17H,2,7-9H2,1H3. The maximum Gasteiger partial charge on any atom is 0.133 e. The SMILES string of the molecule is CCc1nc(Cc2ccc(F)cc2)nc2c1CNC2. The number of benzene rings is 1. The molecule has 1 N–H and O–H groups in total. The largest absolute Gasteiger partial charge is 0.307 e. The van der Waals surface area contributed by atoms with Crippen molar-refractivity contribution in [3.05, 3.63) is 58.4 Å². The van der Waals surface area contributed by atoms with Crippen LogP contribution in [0.25, 0.3) is 0 Å². The fraction of sp³-hybridized carbons (Fsp3) is 0.333. The van der Waals surface area contributed by atoms with E-state index in [1.165, 1.54) is 17.7 Å². The number of aryl methyl sites for hydroxylation is 1. The van der Waals surface area contributed by atoms with E-state index in [-0.39, 0.29) is 5.82 Å². The molecule has 1 aliphatic heterocycles. The summed E-state index contributed by atoms with van der Waals surface area (Å²) < 4.78 is 12.9. The normalized spacial score (nSPS) is 13.6. The Kier molecular flexibility index (Phi) is 3.25. The van der Waals surface area contributed by atoms with Crippen molar-refractivity contribution in [3.8, 4) is 0 Å². The van der Waals surface area contributed by atoms with E-state index in [0.717, 1.165) is 42.3 Å². The number of nitrogens with zero attached hydrogens (tertiary/aromatic N) is 2. The number of hydrogen-bond acceptors (Lipinski definition) is 3. The van der Waals surface area contributed by atoms with Crippen molar-refractivity contribution in [2.24, 2.45) is 0 Å². The molecule has 1 aromatic carbocycles. The molecule has 0 saturated carbocycles. The third kappa shape index (κ3) is 2.49. The molecule has 0 saturated heterocycles. The Morgan fingerprint density at radius 1 is 1.16 bits per heavy atom. The number of halogens is 1. The molecule has 0 fully saturated rings. The van der Waals surface area contributed by atoms with Crippen molar-refractivity contribution in [1.29, 1.82) is 0 Å². The van der Waals surface area contributed by atoms with Gasteiger partial charge in [0, 0.05) is 30.8 Å². The van der Waals surface area contributed by atoms with Gasteiger partial charge in [-0.15, -0.1) is 0 Å². The Balaban J connectivity index is 1.91. The number of rotatable bonds is 3. The van der Waals surface area contributed by atoms with Crippen LogP contribution in [0.15, 0.2) is 24.3 Å². The fourth-order valence-corrected chi connectivity index (χ4v) is 2.45. The number of hydrogen-bond donors (Lipinski definition) is 1. The molecule has 4 heteroatoms. The molecular formula is C15H16FN3. The van der Waals surface area contributed by atoms with E-state index in [1.807, 2.05) is 0 Å². The minimum absolute atomic E-state index is 0.211. The summed E-state index contributed by atoms with van der Waals surface area (Å²) in [6.07, 6.45) is 1.57. The van der Waals surface area contributed by atoms with Crippen molar-refractivity contribution < 1.29 is 4.39 Å². The molecule has 0 radical (unpaired) electrons. The Bertz CT molecular complexity index is 593. The molecule has 19 heavy (non-hydrogen) atoms. The van der Waals surface area contributed by atoms with E-state index < -0.39 is 0 Å². The molecule has 98 valence electrons. The van der Waals surface area contributed by atoms with Gasteiger partial charge in [-0.1, -0.05) is 19.1 Å². The Morgan fingerprint density at radius 3 is 2.68 bits per heavy atom. The van der Waals surface area contributed by atoms with Gasteiger partial charge in [0.1, 0.15) is 11.6 Å². The molecule has 3 rings (SSSR count). The Morgan fingerprint density at radius 2 is 1.95 bits per heavy atom. The zero-order valence-corrected chi connectivity index (χ0v) is 10.9. The molecule has 0 aliphatic carbocycles. The van der Waals surface area contributed by atoms with E-state index >= 15 is 0 Å². The van der Waals surface area contributed by atoms with Crippen LogP contribution in [0.1, 0.15) is 35.3 Å². The van der Waals surface area contributed by atoms with Gasteiger partial charge >= 0.3 is 0 Å². The smallest absolute Gasteiger partial charge is 0.133 e. The van der Waals surface area contributed by atoms with Crippen LogP contribution in [0.2, 0.25) is 0 Å². The molecule has 0 atom stereocenters. The number of aromatic nitrogens is 2. The van der Waals surface area contributed by atoms with E-state index in [1.54, 1.807) is 12.1 Å². The molecule has 0 amide bonds. The lowest BCUT2D eigenvalue weighted by molar-refractivity contribution is 0.627. The summed E-state index contributed by atoms with van der Waals surface area (Å²) in [5, 5.41) is 3.31. The summed E-state index contributed by atoms with van der Waals surface area (Å²) in [7, 11) is 0. The highest BCUT2D eigenvalue weighted by Crippen LogP contribution is 2.18. The van der Waals surface area contributed by atoms with E-state index in [4.69, 9.17) is 0 Å². The summed E-state index contributed by atoms with van der Waals surface area (Å²) in [5.74, 6) is 0.614. The second-order valence-corrected chi connectivity index (χ2v) is 4.77. The van der Waals surface area contributed by atoms with E-state index in [9.17, 15) is 4.39 Å². The average molecular weight is 257 g/mol. The van der Waals surface area contributed by atoms with Crippen molar-refractivity contribution in [1.82, 2.24) is 15.3 Å². The van der Waals surface area contributed by atoms with Crippen LogP contribution < -0.4 is 5.32 Å². The molecule has 1 aromatic heterocycles. The van der Waals surface area contributed by atoms with Crippen LogP contribution in [-0.4, -0.2) is 9.97 Å². The molecule has 1 aliphatic rings.